The summed E-state index contributed by atoms with van der Waals surface area (Å²) in [5.74, 6) is -0.354. The number of carbonyl (C=O) groups excluding carboxylic acids is 1. The van der Waals surface area contributed by atoms with E-state index in [0.29, 0.717) is 52.7 Å². The summed E-state index contributed by atoms with van der Waals surface area (Å²) in [4.78, 5) is 35.8. The van der Waals surface area contributed by atoms with Crippen LogP contribution in [0.3, 0.4) is 0 Å². The fourth-order valence-electron chi connectivity index (χ4n) is 4.87. The van der Waals surface area contributed by atoms with Gasteiger partial charge in [-0.3, -0.25) is 9.48 Å². The number of nitrogens with one attached hydrogen (secondary N) is 2. The number of aromatic carboxylic acids is 1. The Hall–Kier alpha value is -3.99. The lowest BCUT2D eigenvalue weighted by Crippen LogP contribution is -2.43. The predicted molar refractivity (Wildman–Crippen MR) is 133 cm³/mol. The van der Waals surface area contributed by atoms with Crippen LogP contribution in [0.5, 0.6) is 5.75 Å². The molecule has 0 spiro atoms. The van der Waals surface area contributed by atoms with Gasteiger partial charge in [-0.2, -0.15) is 5.10 Å². The molecule has 11 nitrogen and oxygen atoms in total. The molecule has 0 atom stereocenters. The number of rotatable bonds is 6. The molecule has 1 aliphatic carbocycles. The number of hydrogen-bond donors (Lipinski definition) is 3. The summed E-state index contributed by atoms with van der Waals surface area (Å²) in [5.41, 5.74) is 4.14. The van der Waals surface area contributed by atoms with Crippen LogP contribution < -0.4 is 15.4 Å². The molecule has 0 saturated carbocycles. The molecule has 3 heterocycles. The SMILES string of the molecule is COc1cc(C(=O)NC2CCN(C)CC2)ccc1Nc1ncc2c(n1)-c1c(c(C(=O)O)nn1C)CC2. The Morgan fingerprint density at radius 1 is 1.17 bits per heavy atom. The van der Waals surface area contributed by atoms with Crippen molar-refractivity contribution in [1.82, 2.24) is 30.0 Å². The number of ether oxygens (including phenoxy) is 1. The number of piperidine rings is 1. The van der Waals surface area contributed by atoms with Crippen molar-refractivity contribution in [2.75, 3.05) is 32.6 Å². The van der Waals surface area contributed by atoms with Crippen LogP contribution >= 0.6 is 0 Å². The highest BCUT2D eigenvalue weighted by molar-refractivity contribution is 5.95. The molecular formula is C25H29N7O4. The molecule has 0 bridgehead atoms. The van der Waals surface area contributed by atoms with Gasteiger partial charge in [-0.25, -0.2) is 14.8 Å². The van der Waals surface area contributed by atoms with Crippen molar-refractivity contribution in [2.24, 2.45) is 7.05 Å². The topological polar surface area (TPSA) is 135 Å². The molecule has 1 fully saturated rings. The second-order valence-corrected chi connectivity index (χ2v) is 9.26. The molecule has 36 heavy (non-hydrogen) atoms. The van der Waals surface area contributed by atoms with Gasteiger partial charge in [0, 0.05) is 30.4 Å². The van der Waals surface area contributed by atoms with Crippen LogP contribution in [0.4, 0.5) is 11.6 Å². The fourth-order valence-corrected chi connectivity index (χ4v) is 4.87. The minimum absolute atomic E-state index is 0.0575. The van der Waals surface area contributed by atoms with Crippen molar-refractivity contribution >= 4 is 23.5 Å². The zero-order valence-corrected chi connectivity index (χ0v) is 20.5. The van der Waals surface area contributed by atoms with Gasteiger partial charge in [0.15, 0.2) is 5.69 Å². The number of fused-ring (bicyclic) bond motifs is 3. The van der Waals surface area contributed by atoms with Crippen molar-refractivity contribution < 1.29 is 19.4 Å². The Balaban J connectivity index is 1.37. The zero-order chi connectivity index (χ0) is 25.4. The Bertz CT molecular complexity index is 1330. The third-order valence-corrected chi connectivity index (χ3v) is 6.85. The number of aryl methyl sites for hydroxylation is 2. The number of hydrogen-bond acceptors (Lipinski definition) is 8. The summed E-state index contributed by atoms with van der Waals surface area (Å²) in [5, 5.41) is 20.0. The highest BCUT2D eigenvalue weighted by Gasteiger charge is 2.29. The van der Waals surface area contributed by atoms with Gasteiger partial charge >= 0.3 is 5.97 Å². The van der Waals surface area contributed by atoms with Crippen molar-refractivity contribution in [3.8, 4) is 17.1 Å². The van der Waals surface area contributed by atoms with Crippen molar-refractivity contribution in [2.45, 2.75) is 31.7 Å². The van der Waals surface area contributed by atoms with Gasteiger partial charge in [0.05, 0.1) is 24.2 Å². The number of carbonyl (C=O) groups is 2. The van der Waals surface area contributed by atoms with Crippen LogP contribution in [0.2, 0.25) is 0 Å². The van der Waals surface area contributed by atoms with E-state index in [0.717, 1.165) is 31.5 Å². The van der Waals surface area contributed by atoms with E-state index in [1.165, 1.54) is 0 Å². The number of carboxylic acids is 1. The molecule has 3 aromatic rings. The first-order valence-electron chi connectivity index (χ1n) is 11.9. The summed E-state index contributed by atoms with van der Waals surface area (Å²) in [6.45, 7) is 1.94. The molecule has 5 rings (SSSR count). The van der Waals surface area contributed by atoms with E-state index >= 15 is 0 Å². The molecule has 11 heteroatoms. The molecule has 2 aromatic heterocycles. The normalized spacial score (nSPS) is 15.6. The number of aromatic nitrogens is 4. The molecule has 2 aliphatic rings. The number of anilines is 2. The second-order valence-electron chi connectivity index (χ2n) is 9.26. The van der Waals surface area contributed by atoms with E-state index in [2.05, 4.69) is 37.6 Å². The van der Waals surface area contributed by atoms with Crippen LogP contribution in [0.15, 0.2) is 24.4 Å². The zero-order valence-electron chi connectivity index (χ0n) is 20.5. The summed E-state index contributed by atoms with van der Waals surface area (Å²) in [6, 6.07) is 5.37. The lowest BCUT2D eigenvalue weighted by Gasteiger charge is -2.29. The molecule has 3 N–H and O–H groups in total. The molecule has 0 unspecified atom stereocenters. The van der Waals surface area contributed by atoms with Crippen molar-refractivity contribution in [3.63, 3.8) is 0 Å². The third kappa shape index (κ3) is 4.49. The van der Waals surface area contributed by atoms with Crippen LogP contribution in [-0.4, -0.2) is 74.9 Å². The second kappa shape index (κ2) is 9.57. The van der Waals surface area contributed by atoms with Crippen molar-refractivity contribution in [3.05, 3.63) is 46.8 Å². The van der Waals surface area contributed by atoms with Gasteiger partial charge in [-0.1, -0.05) is 0 Å². The number of benzene rings is 1. The van der Waals surface area contributed by atoms with E-state index in [4.69, 9.17) is 4.74 Å². The summed E-state index contributed by atoms with van der Waals surface area (Å²) < 4.78 is 7.11. The highest BCUT2D eigenvalue weighted by Crippen LogP contribution is 2.35. The van der Waals surface area contributed by atoms with Gasteiger partial charge in [0.2, 0.25) is 5.95 Å². The molecule has 1 aromatic carbocycles. The highest BCUT2D eigenvalue weighted by atomic mass is 16.5. The van der Waals surface area contributed by atoms with Gasteiger partial charge in [-0.05, 0) is 69.6 Å². The summed E-state index contributed by atoms with van der Waals surface area (Å²) in [7, 11) is 5.35. The van der Waals surface area contributed by atoms with E-state index in [1.54, 1.807) is 43.2 Å². The number of nitrogens with zero attached hydrogens (tertiary/aromatic N) is 5. The van der Waals surface area contributed by atoms with Gasteiger partial charge in [-0.15, -0.1) is 0 Å². The standard InChI is InChI=1S/C25H29N7O4/c1-31-10-8-16(9-11-31)27-23(33)14-5-7-18(19(12-14)36-3)28-25-26-13-15-4-6-17-21(24(34)35)30-32(2)22(17)20(15)29-25/h5,7,12-13,16H,4,6,8-11H2,1-3H3,(H,27,33)(H,34,35)(H,26,28,29). The predicted octanol–water partition coefficient (Wildman–Crippen LogP) is 2.25. The Kier molecular flexibility index (Phi) is 6.31. The minimum Gasteiger partial charge on any atom is -0.495 e. The van der Waals surface area contributed by atoms with Crippen LogP contribution in [0.1, 0.15) is 44.8 Å². The Labute approximate surface area is 208 Å². The maximum atomic E-state index is 12.8. The number of carboxylic acid groups (broad SMARTS) is 1. The molecule has 188 valence electrons. The van der Waals surface area contributed by atoms with Crippen LogP contribution in [0, 0.1) is 0 Å². The monoisotopic (exact) mass is 491 g/mol. The van der Waals surface area contributed by atoms with Gasteiger partial charge in [0.1, 0.15) is 5.75 Å². The molecule has 1 saturated heterocycles. The first-order valence-corrected chi connectivity index (χ1v) is 11.9. The van der Waals surface area contributed by atoms with E-state index < -0.39 is 5.97 Å². The maximum absolute atomic E-state index is 12.8. The molecule has 0 radical (unpaired) electrons. The maximum Gasteiger partial charge on any atom is 0.356 e. The summed E-state index contributed by atoms with van der Waals surface area (Å²) in [6.07, 6.45) is 4.82. The lowest BCUT2D eigenvalue weighted by atomic mass is 9.93. The minimum atomic E-state index is -1.05. The van der Waals surface area contributed by atoms with Gasteiger partial charge in [0.25, 0.3) is 5.91 Å². The van der Waals surface area contributed by atoms with E-state index in [1.807, 2.05) is 0 Å². The Morgan fingerprint density at radius 3 is 2.67 bits per heavy atom. The summed E-state index contributed by atoms with van der Waals surface area (Å²) >= 11 is 0. The van der Waals surface area contributed by atoms with E-state index in [9.17, 15) is 14.7 Å². The molecule has 1 amide bonds. The molecular weight excluding hydrogens is 462 g/mol. The largest absolute Gasteiger partial charge is 0.495 e. The average Bonchev–Trinajstić information content (AvgIpc) is 3.22. The van der Waals surface area contributed by atoms with Crippen molar-refractivity contribution in [1.29, 1.82) is 0 Å². The quantitative estimate of drug-likeness (QED) is 0.474. The van der Waals surface area contributed by atoms with Crippen LogP contribution in [-0.2, 0) is 19.9 Å². The first kappa shape index (κ1) is 23.7. The average molecular weight is 492 g/mol. The van der Waals surface area contributed by atoms with Crippen LogP contribution in [0.25, 0.3) is 11.4 Å². The fraction of sp³-hybridized carbons (Fsp3) is 0.400. The third-order valence-electron chi connectivity index (χ3n) is 6.85. The smallest absolute Gasteiger partial charge is 0.356 e. The molecule has 1 aliphatic heterocycles. The van der Waals surface area contributed by atoms with Gasteiger partial charge < -0.3 is 25.4 Å². The number of methoxy groups -OCH3 is 1. The number of amides is 1. The number of likely N-dealkylation sites (tertiary alicyclic amines) is 1. The lowest BCUT2D eigenvalue weighted by molar-refractivity contribution is 0.0688. The Morgan fingerprint density at radius 2 is 1.94 bits per heavy atom. The first-order chi connectivity index (χ1) is 17.3. The van der Waals surface area contributed by atoms with E-state index in [-0.39, 0.29) is 17.6 Å².